The third-order valence-electron chi connectivity index (χ3n) is 7.96. The quantitative estimate of drug-likeness (QED) is 0.851. The Morgan fingerprint density at radius 1 is 1.25 bits per heavy atom. The molecule has 0 bridgehead atoms. The van der Waals surface area contributed by atoms with Gasteiger partial charge >= 0.3 is 0 Å². The smallest absolute Gasteiger partial charge is 0.119 e. The summed E-state index contributed by atoms with van der Waals surface area (Å²) in [6.07, 6.45) is 8.38. The maximum absolute atomic E-state index is 11.1. The van der Waals surface area contributed by atoms with Gasteiger partial charge in [-0.2, -0.15) is 0 Å². The summed E-state index contributed by atoms with van der Waals surface area (Å²) >= 11 is 0. The second-order valence-corrected chi connectivity index (χ2v) is 8.45. The zero-order valence-corrected chi connectivity index (χ0v) is 15.4. The molecule has 0 spiro atoms. The maximum Gasteiger partial charge on any atom is 0.119 e. The summed E-state index contributed by atoms with van der Waals surface area (Å²) in [5.74, 6) is 3.70. The van der Waals surface area contributed by atoms with Crippen LogP contribution in [0.3, 0.4) is 0 Å². The third kappa shape index (κ3) is 2.18. The van der Waals surface area contributed by atoms with Gasteiger partial charge < -0.3 is 9.84 Å². The summed E-state index contributed by atoms with van der Waals surface area (Å²) in [6.45, 7) is 4.57. The first-order valence-corrected chi connectivity index (χ1v) is 9.99. The van der Waals surface area contributed by atoms with Crippen LogP contribution in [0.5, 0.6) is 5.75 Å². The fourth-order valence-corrected chi connectivity index (χ4v) is 6.67. The van der Waals surface area contributed by atoms with Crippen molar-refractivity contribution in [2.24, 2.45) is 23.2 Å². The fourth-order valence-electron chi connectivity index (χ4n) is 6.67. The highest BCUT2D eigenvalue weighted by atomic mass is 16.5. The van der Waals surface area contributed by atoms with E-state index in [9.17, 15) is 5.11 Å². The number of aliphatic hydroxyl groups is 1. The number of ether oxygens (including phenoxy) is 1. The number of hydrogen-bond donors (Lipinski definition) is 1. The van der Waals surface area contributed by atoms with Crippen LogP contribution in [0, 0.1) is 23.2 Å². The van der Waals surface area contributed by atoms with Gasteiger partial charge in [-0.3, -0.25) is 0 Å². The minimum Gasteiger partial charge on any atom is -0.497 e. The lowest BCUT2D eigenvalue weighted by Gasteiger charge is -2.51. The first kappa shape index (κ1) is 16.4. The topological polar surface area (TPSA) is 29.5 Å². The van der Waals surface area contributed by atoms with Gasteiger partial charge in [-0.25, -0.2) is 0 Å². The Bertz CT molecular complexity index is 610. The van der Waals surface area contributed by atoms with Gasteiger partial charge in [0.05, 0.1) is 13.2 Å². The number of methoxy groups -OCH3 is 1. The van der Waals surface area contributed by atoms with Crippen molar-refractivity contribution in [2.45, 2.75) is 70.8 Å². The van der Waals surface area contributed by atoms with Gasteiger partial charge in [0.2, 0.25) is 0 Å². The second kappa shape index (κ2) is 6.05. The SMILES string of the molecule is CC[C@@H]1C[C@H]2[C@@H]3CCc4cc(OC)ccc4[C@H]3CC[C@]2(CC)[C@H]1O. The average molecular weight is 328 g/mol. The van der Waals surface area contributed by atoms with Crippen LogP contribution in [0.2, 0.25) is 0 Å². The van der Waals surface area contributed by atoms with E-state index in [1.807, 2.05) is 0 Å². The molecule has 4 rings (SSSR count). The zero-order chi connectivity index (χ0) is 16.9. The summed E-state index contributed by atoms with van der Waals surface area (Å²) in [6, 6.07) is 6.72. The molecule has 3 aliphatic rings. The van der Waals surface area contributed by atoms with Crippen molar-refractivity contribution in [2.75, 3.05) is 7.11 Å². The largest absolute Gasteiger partial charge is 0.497 e. The first-order chi connectivity index (χ1) is 11.6. The van der Waals surface area contributed by atoms with Crippen LogP contribution in [-0.2, 0) is 6.42 Å². The van der Waals surface area contributed by atoms with E-state index in [4.69, 9.17) is 4.74 Å². The lowest BCUT2D eigenvalue weighted by Crippen LogP contribution is -2.46. The molecule has 0 aliphatic heterocycles. The van der Waals surface area contributed by atoms with E-state index in [1.165, 1.54) is 37.7 Å². The van der Waals surface area contributed by atoms with Crippen molar-refractivity contribution in [3.05, 3.63) is 29.3 Å². The van der Waals surface area contributed by atoms with E-state index in [-0.39, 0.29) is 11.5 Å². The van der Waals surface area contributed by atoms with Crippen LogP contribution in [0.4, 0.5) is 0 Å². The summed E-state index contributed by atoms with van der Waals surface area (Å²) in [4.78, 5) is 0. The van der Waals surface area contributed by atoms with Gasteiger partial charge in [0.1, 0.15) is 5.75 Å². The van der Waals surface area contributed by atoms with Gasteiger partial charge in [-0.05, 0) is 90.9 Å². The molecular weight excluding hydrogens is 296 g/mol. The zero-order valence-electron chi connectivity index (χ0n) is 15.4. The van der Waals surface area contributed by atoms with Crippen molar-refractivity contribution in [3.8, 4) is 5.75 Å². The minimum atomic E-state index is -0.0734. The van der Waals surface area contributed by atoms with E-state index in [2.05, 4.69) is 32.0 Å². The number of benzene rings is 1. The molecule has 2 fully saturated rings. The Balaban J connectivity index is 1.68. The summed E-state index contributed by atoms with van der Waals surface area (Å²) < 4.78 is 5.43. The lowest BCUT2D eigenvalue weighted by atomic mass is 9.54. The fraction of sp³-hybridized carbons (Fsp3) is 0.727. The van der Waals surface area contributed by atoms with Gasteiger partial charge in [0.15, 0.2) is 0 Å². The van der Waals surface area contributed by atoms with Crippen LogP contribution in [0.15, 0.2) is 18.2 Å². The Morgan fingerprint density at radius 2 is 2.08 bits per heavy atom. The Morgan fingerprint density at radius 3 is 2.79 bits per heavy atom. The molecule has 0 aromatic heterocycles. The van der Waals surface area contributed by atoms with Crippen molar-refractivity contribution >= 4 is 0 Å². The molecule has 2 saturated carbocycles. The predicted octanol–water partition coefficient (Wildman–Crippen LogP) is 4.94. The van der Waals surface area contributed by atoms with Crippen molar-refractivity contribution in [1.82, 2.24) is 0 Å². The molecule has 132 valence electrons. The number of hydrogen-bond acceptors (Lipinski definition) is 2. The van der Waals surface area contributed by atoms with Crippen molar-refractivity contribution in [3.63, 3.8) is 0 Å². The molecule has 0 amide bonds. The molecule has 0 unspecified atom stereocenters. The normalized spacial score (nSPS) is 40.6. The number of aliphatic hydroxyl groups excluding tert-OH is 1. The molecule has 0 radical (unpaired) electrons. The average Bonchev–Trinajstić information content (AvgIpc) is 2.93. The van der Waals surface area contributed by atoms with E-state index in [1.54, 1.807) is 12.7 Å². The standard InChI is InChI=1S/C22H32O2/c1-4-14-13-20-19-8-6-15-12-16(24-3)7-9-17(15)18(19)10-11-22(20,5-2)21(14)23/h7,9,12,14,18-21,23H,4-6,8,10-11,13H2,1-3H3/t14-,18-,19-,20+,21+,22+/m1/s1. The monoisotopic (exact) mass is 328 g/mol. The van der Waals surface area contributed by atoms with Gasteiger partial charge in [-0.1, -0.05) is 26.3 Å². The third-order valence-corrected chi connectivity index (χ3v) is 7.96. The summed E-state index contributed by atoms with van der Waals surface area (Å²) in [7, 11) is 1.76. The molecule has 0 heterocycles. The number of aryl methyl sites for hydroxylation is 1. The van der Waals surface area contributed by atoms with E-state index in [0.29, 0.717) is 11.8 Å². The van der Waals surface area contributed by atoms with Gasteiger partial charge in [0.25, 0.3) is 0 Å². The molecule has 1 aromatic rings. The van der Waals surface area contributed by atoms with Gasteiger partial charge in [0, 0.05) is 0 Å². The molecule has 6 atom stereocenters. The Hall–Kier alpha value is -1.02. The minimum absolute atomic E-state index is 0.0734. The molecule has 24 heavy (non-hydrogen) atoms. The van der Waals surface area contributed by atoms with Crippen LogP contribution < -0.4 is 4.74 Å². The lowest BCUT2D eigenvalue weighted by molar-refractivity contribution is -0.0489. The highest BCUT2D eigenvalue weighted by molar-refractivity contribution is 5.40. The molecule has 2 nitrogen and oxygen atoms in total. The number of rotatable bonds is 3. The molecule has 2 heteroatoms. The van der Waals surface area contributed by atoms with Crippen molar-refractivity contribution in [1.29, 1.82) is 0 Å². The van der Waals surface area contributed by atoms with Crippen LogP contribution in [-0.4, -0.2) is 18.3 Å². The van der Waals surface area contributed by atoms with Crippen LogP contribution >= 0.6 is 0 Å². The predicted molar refractivity (Wildman–Crippen MR) is 97.4 cm³/mol. The van der Waals surface area contributed by atoms with Crippen LogP contribution in [0.1, 0.15) is 69.4 Å². The highest BCUT2D eigenvalue weighted by Gasteiger charge is 2.58. The molecule has 1 aromatic carbocycles. The molecule has 3 aliphatic carbocycles. The Kier molecular flexibility index (Phi) is 4.15. The number of fused-ring (bicyclic) bond motifs is 5. The molecule has 0 saturated heterocycles. The summed E-state index contributed by atoms with van der Waals surface area (Å²) in [5.41, 5.74) is 3.28. The Labute approximate surface area is 146 Å². The van der Waals surface area contributed by atoms with Crippen LogP contribution in [0.25, 0.3) is 0 Å². The summed E-state index contributed by atoms with van der Waals surface area (Å²) in [5, 5.41) is 11.1. The van der Waals surface area contributed by atoms with Crippen molar-refractivity contribution < 1.29 is 9.84 Å². The van der Waals surface area contributed by atoms with E-state index in [0.717, 1.165) is 30.4 Å². The highest BCUT2D eigenvalue weighted by Crippen LogP contribution is 2.64. The van der Waals surface area contributed by atoms with E-state index < -0.39 is 0 Å². The maximum atomic E-state index is 11.1. The molecule has 1 N–H and O–H groups in total. The second-order valence-electron chi connectivity index (χ2n) is 8.45. The molecular formula is C22H32O2. The van der Waals surface area contributed by atoms with E-state index >= 15 is 0 Å². The van der Waals surface area contributed by atoms with Gasteiger partial charge in [-0.15, -0.1) is 0 Å². The first-order valence-electron chi connectivity index (χ1n) is 9.99.